The second-order valence-electron chi connectivity index (χ2n) is 6.44. The molecule has 1 N–H and O–H groups in total. The highest BCUT2D eigenvalue weighted by Gasteiger charge is 2.07. The number of halogens is 1. The first-order valence-corrected chi connectivity index (χ1v) is 11.2. The van der Waals surface area contributed by atoms with E-state index in [0.29, 0.717) is 5.75 Å². The zero-order chi connectivity index (χ0) is 20.6. The van der Waals surface area contributed by atoms with Crippen molar-refractivity contribution in [2.24, 2.45) is 0 Å². The predicted octanol–water partition coefficient (Wildman–Crippen LogP) is 6.29. The summed E-state index contributed by atoms with van der Waals surface area (Å²) in [6, 6.07) is 24.8. The van der Waals surface area contributed by atoms with E-state index in [2.05, 4.69) is 84.1 Å². The van der Waals surface area contributed by atoms with Gasteiger partial charge in [-0.25, -0.2) is 4.79 Å². The van der Waals surface area contributed by atoms with Gasteiger partial charge >= 0.3 is 5.97 Å². The van der Waals surface area contributed by atoms with Gasteiger partial charge in [0, 0.05) is 10.6 Å². The maximum atomic E-state index is 10.7. The molecular weight excluding hydrogens is 495 g/mol. The van der Waals surface area contributed by atoms with E-state index in [1.807, 2.05) is 24.3 Å². The number of carbonyl (C=O) groups is 1. The molecule has 3 aromatic rings. The lowest BCUT2D eigenvalue weighted by molar-refractivity contribution is -0.139. The number of carboxylic acids is 1. The fourth-order valence-corrected chi connectivity index (χ4v) is 4.49. The van der Waals surface area contributed by atoms with Gasteiger partial charge in [-0.3, -0.25) is 0 Å². The van der Waals surface area contributed by atoms with Gasteiger partial charge in [-0.1, -0.05) is 66.2 Å². The highest BCUT2D eigenvalue weighted by molar-refractivity contribution is 14.1. The van der Waals surface area contributed by atoms with Gasteiger partial charge in [0.25, 0.3) is 0 Å². The quantitative estimate of drug-likeness (QED) is 0.283. The molecule has 0 atom stereocenters. The Bertz CT molecular complexity index is 998. The second-order valence-corrected chi connectivity index (χ2v) is 8.69. The van der Waals surface area contributed by atoms with Gasteiger partial charge in [0.05, 0.1) is 3.57 Å². The van der Waals surface area contributed by atoms with E-state index in [-0.39, 0.29) is 6.61 Å². The minimum absolute atomic E-state index is 0.331. The maximum absolute atomic E-state index is 10.7. The van der Waals surface area contributed by atoms with E-state index in [0.717, 1.165) is 14.2 Å². The Morgan fingerprint density at radius 3 is 2.38 bits per heavy atom. The molecule has 0 heterocycles. The van der Waals surface area contributed by atoms with E-state index in [4.69, 9.17) is 9.84 Å². The van der Waals surface area contributed by atoms with E-state index in [1.54, 1.807) is 11.8 Å². The molecule has 0 radical (unpaired) electrons. The maximum Gasteiger partial charge on any atom is 0.341 e. The summed E-state index contributed by atoms with van der Waals surface area (Å²) in [5.74, 6) is 0.440. The third-order valence-corrected chi connectivity index (χ3v) is 6.00. The van der Waals surface area contributed by atoms with Crippen LogP contribution in [0, 0.1) is 10.5 Å². The molecule has 0 saturated carbocycles. The number of hydrogen-bond donors (Lipinski definition) is 1. The van der Waals surface area contributed by atoms with Gasteiger partial charge in [-0.2, -0.15) is 0 Å². The minimum Gasteiger partial charge on any atom is -0.481 e. The van der Waals surface area contributed by atoms with E-state index in [1.165, 1.54) is 22.3 Å². The van der Waals surface area contributed by atoms with Gasteiger partial charge in [0.15, 0.2) is 6.61 Å². The lowest BCUT2D eigenvalue weighted by atomic mass is 9.97. The van der Waals surface area contributed by atoms with E-state index < -0.39 is 5.97 Å². The SMILES string of the molecule is Cc1ccc(C(=CCSc2ccc(OCC(=O)O)c(I)c2)c2ccccc2)cc1. The molecule has 5 heteroatoms. The summed E-state index contributed by atoms with van der Waals surface area (Å²) in [6.45, 7) is 1.76. The van der Waals surface area contributed by atoms with Crippen LogP contribution >= 0.6 is 34.4 Å². The van der Waals surface area contributed by atoms with Gasteiger partial charge in [0.2, 0.25) is 0 Å². The Balaban J connectivity index is 1.75. The van der Waals surface area contributed by atoms with Crippen molar-refractivity contribution in [2.75, 3.05) is 12.4 Å². The molecule has 0 spiro atoms. The third kappa shape index (κ3) is 6.37. The first-order valence-electron chi connectivity index (χ1n) is 9.12. The van der Waals surface area contributed by atoms with Crippen molar-refractivity contribution < 1.29 is 14.6 Å². The van der Waals surface area contributed by atoms with Crippen LogP contribution in [0.5, 0.6) is 5.75 Å². The van der Waals surface area contributed by atoms with E-state index >= 15 is 0 Å². The van der Waals surface area contributed by atoms with Crippen molar-refractivity contribution in [3.8, 4) is 5.75 Å². The largest absolute Gasteiger partial charge is 0.481 e. The number of ether oxygens (including phenoxy) is 1. The number of benzene rings is 3. The van der Waals surface area contributed by atoms with Crippen LogP contribution in [-0.2, 0) is 4.79 Å². The van der Waals surface area contributed by atoms with Crippen LogP contribution in [-0.4, -0.2) is 23.4 Å². The summed E-state index contributed by atoms with van der Waals surface area (Å²) in [5, 5.41) is 8.75. The molecule has 0 aromatic heterocycles. The molecule has 3 aromatic carbocycles. The molecule has 0 amide bonds. The summed E-state index contributed by atoms with van der Waals surface area (Å²) in [6.07, 6.45) is 2.26. The first-order chi connectivity index (χ1) is 14.0. The molecule has 29 heavy (non-hydrogen) atoms. The summed E-state index contributed by atoms with van der Waals surface area (Å²) < 4.78 is 6.20. The van der Waals surface area contributed by atoms with E-state index in [9.17, 15) is 4.79 Å². The molecule has 148 valence electrons. The lowest BCUT2D eigenvalue weighted by Crippen LogP contribution is -2.10. The highest BCUT2D eigenvalue weighted by atomic mass is 127. The fraction of sp³-hybridized carbons (Fsp3) is 0.125. The normalized spacial score (nSPS) is 11.3. The smallest absolute Gasteiger partial charge is 0.341 e. The Labute approximate surface area is 188 Å². The van der Waals surface area contributed by atoms with Crippen molar-refractivity contribution >= 4 is 45.9 Å². The summed E-state index contributed by atoms with van der Waals surface area (Å²) in [5.41, 5.74) is 4.86. The number of aliphatic carboxylic acids is 1. The Morgan fingerprint density at radius 1 is 1.03 bits per heavy atom. The van der Waals surface area contributed by atoms with Gasteiger partial charge in [-0.05, 0) is 64.4 Å². The molecule has 0 fully saturated rings. The van der Waals surface area contributed by atoms with Crippen molar-refractivity contribution in [3.05, 3.63) is 99.1 Å². The predicted molar refractivity (Wildman–Crippen MR) is 128 cm³/mol. The number of hydrogen-bond acceptors (Lipinski definition) is 3. The minimum atomic E-state index is -0.978. The van der Waals surface area contributed by atoms with Crippen LogP contribution in [0.2, 0.25) is 0 Å². The molecule has 0 unspecified atom stereocenters. The van der Waals surface area contributed by atoms with Gasteiger partial charge in [0.1, 0.15) is 5.75 Å². The van der Waals surface area contributed by atoms with Crippen LogP contribution in [0.15, 0.2) is 83.8 Å². The zero-order valence-electron chi connectivity index (χ0n) is 16.0. The third-order valence-electron chi connectivity index (χ3n) is 4.24. The summed E-state index contributed by atoms with van der Waals surface area (Å²) in [4.78, 5) is 11.8. The number of rotatable bonds is 8. The summed E-state index contributed by atoms with van der Waals surface area (Å²) in [7, 11) is 0. The van der Waals surface area contributed by atoms with Crippen LogP contribution in [0.25, 0.3) is 5.57 Å². The molecular formula is C24H21IO3S. The number of thioether (sulfide) groups is 1. The number of aryl methyl sites for hydroxylation is 1. The van der Waals surface area contributed by atoms with Crippen molar-refractivity contribution in [1.82, 2.24) is 0 Å². The molecule has 0 bridgehead atoms. The first kappa shape index (κ1) is 21.5. The lowest BCUT2D eigenvalue weighted by Gasteiger charge is -2.10. The molecule has 3 rings (SSSR count). The Kier molecular flexibility index (Phi) is 7.77. The van der Waals surface area contributed by atoms with Crippen molar-refractivity contribution in [2.45, 2.75) is 11.8 Å². The average molecular weight is 516 g/mol. The monoisotopic (exact) mass is 516 g/mol. The van der Waals surface area contributed by atoms with Crippen LogP contribution in [0.3, 0.4) is 0 Å². The molecule has 0 aliphatic heterocycles. The van der Waals surface area contributed by atoms with Crippen molar-refractivity contribution in [1.29, 1.82) is 0 Å². The molecule has 3 nitrogen and oxygen atoms in total. The molecule has 0 aliphatic rings. The van der Waals surface area contributed by atoms with Crippen molar-refractivity contribution in [3.63, 3.8) is 0 Å². The Morgan fingerprint density at radius 2 is 1.72 bits per heavy atom. The van der Waals surface area contributed by atoms with Crippen LogP contribution in [0.1, 0.15) is 16.7 Å². The second kappa shape index (κ2) is 10.5. The molecule has 0 saturated heterocycles. The fourth-order valence-electron chi connectivity index (χ4n) is 2.80. The summed E-state index contributed by atoms with van der Waals surface area (Å²) >= 11 is 3.91. The topological polar surface area (TPSA) is 46.5 Å². The molecule has 0 aliphatic carbocycles. The zero-order valence-corrected chi connectivity index (χ0v) is 18.9. The standard InChI is InChI=1S/C24H21IO3S/c1-17-7-9-19(10-8-17)21(18-5-3-2-4-6-18)13-14-29-20-11-12-23(22(25)15-20)28-16-24(26)27/h2-13,15H,14,16H2,1H3,(H,26,27). The van der Waals surface area contributed by atoms with Gasteiger partial charge in [-0.15, -0.1) is 11.8 Å². The van der Waals surface area contributed by atoms with Gasteiger partial charge < -0.3 is 9.84 Å². The average Bonchev–Trinajstić information content (AvgIpc) is 2.72. The Hall–Kier alpha value is -2.25. The van der Waals surface area contributed by atoms with Crippen LogP contribution < -0.4 is 4.74 Å². The number of carboxylic acid groups (broad SMARTS) is 1. The highest BCUT2D eigenvalue weighted by Crippen LogP contribution is 2.29. The van der Waals surface area contributed by atoms with Crippen LogP contribution in [0.4, 0.5) is 0 Å².